The normalized spacial score (nSPS) is 20.6. The van der Waals surface area contributed by atoms with Crippen LogP contribution in [-0.2, 0) is 6.42 Å². The molecule has 0 N–H and O–H groups in total. The SMILES string of the molecule is Clc1ccc(CCCCC(C2CCCCC2)C2CCCCC2)cc1. The lowest BCUT2D eigenvalue weighted by atomic mass is 9.68. The molecule has 0 radical (unpaired) electrons. The van der Waals surface area contributed by atoms with Crippen LogP contribution >= 0.6 is 11.6 Å². The van der Waals surface area contributed by atoms with Crippen LogP contribution in [0.2, 0.25) is 5.02 Å². The number of unbranched alkanes of at least 4 members (excludes halogenated alkanes) is 1. The van der Waals surface area contributed by atoms with Gasteiger partial charge in [-0.05, 0) is 54.7 Å². The third-order valence-corrected chi connectivity index (χ3v) is 6.93. The second-order valence-electron chi connectivity index (χ2n) is 8.33. The van der Waals surface area contributed by atoms with E-state index in [1.165, 1.54) is 95.5 Å². The van der Waals surface area contributed by atoms with Crippen molar-refractivity contribution in [2.75, 3.05) is 0 Å². The molecule has 1 aromatic carbocycles. The number of rotatable bonds is 7. The maximum atomic E-state index is 5.99. The molecule has 3 rings (SSSR count). The van der Waals surface area contributed by atoms with Gasteiger partial charge in [-0.3, -0.25) is 0 Å². The van der Waals surface area contributed by atoms with Crippen LogP contribution in [0.1, 0.15) is 89.0 Å². The number of aryl methyl sites for hydroxylation is 1. The van der Waals surface area contributed by atoms with Crippen LogP contribution in [0.25, 0.3) is 0 Å². The predicted octanol–water partition coefficient (Wildman–Crippen LogP) is 7.83. The van der Waals surface area contributed by atoms with Crippen molar-refractivity contribution in [2.24, 2.45) is 17.8 Å². The van der Waals surface area contributed by atoms with Gasteiger partial charge in [-0.25, -0.2) is 0 Å². The molecule has 1 heteroatoms. The Kier molecular flexibility index (Phi) is 7.52. The largest absolute Gasteiger partial charge is 0.0843 e. The first-order valence-electron chi connectivity index (χ1n) is 10.6. The second kappa shape index (κ2) is 9.85. The summed E-state index contributed by atoms with van der Waals surface area (Å²) < 4.78 is 0. The summed E-state index contributed by atoms with van der Waals surface area (Å²) in [7, 11) is 0. The van der Waals surface area contributed by atoms with E-state index in [-0.39, 0.29) is 0 Å². The van der Waals surface area contributed by atoms with E-state index < -0.39 is 0 Å². The summed E-state index contributed by atoms with van der Waals surface area (Å²) in [6.45, 7) is 0. The number of halogens is 1. The van der Waals surface area contributed by atoms with Gasteiger partial charge in [-0.15, -0.1) is 0 Å². The minimum atomic E-state index is 0.855. The van der Waals surface area contributed by atoms with Crippen LogP contribution in [0.3, 0.4) is 0 Å². The van der Waals surface area contributed by atoms with Crippen LogP contribution in [0.4, 0.5) is 0 Å². The van der Waals surface area contributed by atoms with E-state index in [9.17, 15) is 0 Å². The van der Waals surface area contributed by atoms with E-state index >= 15 is 0 Å². The quantitative estimate of drug-likeness (QED) is 0.441. The van der Waals surface area contributed by atoms with Crippen molar-refractivity contribution in [3.05, 3.63) is 34.9 Å². The minimum absolute atomic E-state index is 0.855. The molecule has 0 atom stereocenters. The van der Waals surface area contributed by atoms with Crippen molar-refractivity contribution < 1.29 is 0 Å². The summed E-state index contributed by atoms with van der Waals surface area (Å²) in [6.07, 6.45) is 20.6. The Morgan fingerprint density at radius 3 is 1.83 bits per heavy atom. The Hall–Kier alpha value is -0.490. The Labute approximate surface area is 154 Å². The molecule has 1 aromatic rings. The van der Waals surface area contributed by atoms with Crippen LogP contribution in [-0.4, -0.2) is 0 Å². The zero-order chi connectivity index (χ0) is 16.6. The van der Waals surface area contributed by atoms with Gasteiger partial charge in [0.2, 0.25) is 0 Å². The molecule has 2 fully saturated rings. The van der Waals surface area contributed by atoms with E-state index in [4.69, 9.17) is 11.6 Å². The van der Waals surface area contributed by atoms with Crippen molar-refractivity contribution in [1.82, 2.24) is 0 Å². The van der Waals surface area contributed by atoms with E-state index in [2.05, 4.69) is 12.1 Å². The maximum Gasteiger partial charge on any atom is 0.0406 e. The fourth-order valence-electron chi connectivity index (χ4n) is 5.34. The second-order valence-corrected chi connectivity index (χ2v) is 8.77. The van der Waals surface area contributed by atoms with E-state index in [1.54, 1.807) is 0 Å². The maximum absolute atomic E-state index is 5.99. The van der Waals surface area contributed by atoms with Crippen LogP contribution in [0.15, 0.2) is 24.3 Å². The first-order valence-corrected chi connectivity index (χ1v) is 10.9. The highest BCUT2D eigenvalue weighted by atomic mass is 35.5. The molecule has 0 aliphatic heterocycles. The average Bonchev–Trinajstić information content (AvgIpc) is 2.65. The van der Waals surface area contributed by atoms with Gasteiger partial charge >= 0.3 is 0 Å². The van der Waals surface area contributed by atoms with E-state index in [0.29, 0.717) is 0 Å². The van der Waals surface area contributed by atoms with Gasteiger partial charge in [0.15, 0.2) is 0 Å². The number of hydrogen-bond acceptors (Lipinski definition) is 0. The van der Waals surface area contributed by atoms with E-state index in [0.717, 1.165) is 22.8 Å². The number of hydrogen-bond donors (Lipinski definition) is 0. The summed E-state index contributed by atoms with van der Waals surface area (Å²) in [5.74, 6) is 3.14. The summed E-state index contributed by atoms with van der Waals surface area (Å²) >= 11 is 5.99. The molecule has 0 aromatic heterocycles. The molecule has 134 valence electrons. The highest BCUT2D eigenvalue weighted by Crippen LogP contribution is 2.42. The molecular weight excluding hydrogens is 312 g/mol. The van der Waals surface area contributed by atoms with Gasteiger partial charge in [0.05, 0.1) is 0 Å². The van der Waals surface area contributed by atoms with Crippen molar-refractivity contribution in [3.8, 4) is 0 Å². The molecule has 2 saturated carbocycles. The smallest absolute Gasteiger partial charge is 0.0406 e. The van der Waals surface area contributed by atoms with Gasteiger partial charge in [-0.1, -0.05) is 94.4 Å². The molecule has 0 nitrogen and oxygen atoms in total. The molecule has 0 heterocycles. The Morgan fingerprint density at radius 2 is 1.29 bits per heavy atom. The lowest BCUT2D eigenvalue weighted by molar-refractivity contribution is 0.132. The Bertz CT molecular complexity index is 433. The molecule has 0 bridgehead atoms. The third-order valence-electron chi connectivity index (χ3n) is 6.68. The molecule has 2 aliphatic rings. The first-order chi connectivity index (χ1) is 11.8. The van der Waals surface area contributed by atoms with Gasteiger partial charge in [-0.2, -0.15) is 0 Å². The highest BCUT2D eigenvalue weighted by molar-refractivity contribution is 6.30. The summed E-state index contributed by atoms with van der Waals surface area (Å²) in [4.78, 5) is 0. The predicted molar refractivity (Wildman–Crippen MR) is 106 cm³/mol. The summed E-state index contributed by atoms with van der Waals surface area (Å²) in [6, 6.07) is 8.46. The van der Waals surface area contributed by atoms with Gasteiger partial charge in [0, 0.05) is 5.02 Å². The molecule has 0 unspecified atom stereocenters. The Balaban J connectivity index is 1.48. The zero-order valence-electron chi connectivity index (χ0n) is 15.3. The molecule has 24 heavy (non-hydrogen) atoms. The van der Waals surface area contributed by atoms with Crippen LogP contribution in [0.5, 0.6) is 0 Å². The molecule has 0 spiro atoms. The van der Waals surface area contributed by atoms with Crippen molar-refractivity contribution >= 4 is 11.6 Å². The zero-order valence-corrected chi connectivity index (χ0v) is 16.1. The number of benzene rings is 1. The van der Waals surface area contributed by atoms with Crippen molar-refractivity contribution in [2.45, 2.75) is 89.9 Å². The third kappa shape index (κ3) is 5.51. The average molecular weight is 347 g/mol. The monoisotopic (exact) mass is 346 g/mol. The van der Waals surface area contributed by atoms with Crippen LogP contribution < -0.4 is 0 Å². The van der Waals surface area contributed by atoms with Gasteiger partial charge < -0.3 is 0 Å². The molecule has 2 aliphatic carbocycles. The Morgan fingerprint density at radius 1 is 0.750 bits per heavy atom. The molecular formula is C23H35Cl. The topological polar surface area (TPSA) is 0 Å². The van der Waals surface area contributed by atoms with Gasteiger partial charge in [0.25, 0.3) is 0 Å². The van der Waals surface area contributed by atoms with Crippen LogP contribution in [0, 0.1) is 17.8 Å². The van der Waals surface area contributed by atoms with Crippen molar-refractivity contribution in [1.29, 1.82) is 0 Å². The summed E-state index contributed by atoms with van der Waals surface area (Å²) in [5.41, 5.74) is 1.45. The van der Waals surface area contributed by atoms with Gasteiger partial charge in [0.1, 0.15) is 0 Å². The summed E-state index contributed by atoms with van der Waals surface area (Å²) in [5, 5.41) is 0.855. The first kappa shape index (κ1) is 18.3. The van der Waals surface area contributed by atoms with Crippen molar-refractivity contribution in [3.63, 3.8) is 0 Å². The molecule has 0 saturated heterocycles. The lowest BCUT2D eigenvalue weighted by Gasteiger charge is -2.38. The molecule has 0 amide bonds. The van der Waals surface area contributed by atoms with E-state index in [1.807, 2.05) is 12.1 Å². The fourth-order valence-corrected chi connectivity index (χ4v) is 5.47. The fraction of sp³-hybridized carbons (Fsp3) is 0.739. The highest BCUT2D eigenvalue weighted by Gasteiger charge is 2.30. The standard InChI is InChI=1S/C23H35Cl/c24-22-17-15-19(16-18-22)9-7-8-14-23(20-10-3-1-4-11-20)21-12-5-2-6-13-21/h15-18,20-21,23H,1-14H2. The lowest BCUT2D eigenvalue weighted by Crippen LogP contribution is -2.27. The minimum Gasteiger partial charge on any atom is -0.0843 e.